The zero-order chi connectivity index (χ0) is 35.7. The Morgan fingerprint density at radius 1 is 0.824 bits per heavy atom. The number of amides is 1. The Bertz CT molecular complexity index is 1720. The first kappa shape index (κ1) is 36.4. The van der Waals surface area contributed by atoms with Crippen molar-refractivity contribution in [1.82, 2.24) is 15.1 Å². The first-order chi connectivity index (χ1) is 24.8. The maximum atomic E-state index is 12.5. The molecule has 6 rings (SSSR count). The molecule has 4 aromatic carbocycles. The van der Waals surface area contributed by atoms with Crippen molar-refractivity contribution in [3.63, 3.8) is 0 Å². The molecule has 1 amide bonds. The van der Waals surface area contributed by atoms with Gasteiger partial charge in [-0.25, -0.2) is 0 Å². The monoisotopic (exact) mass is 691 g/mol. The van der Waals surface area contributed by atoms with Crippen molar-refractivity contribution in [2.24, 2.45) is 5.92 Å². The number of rotatable bonds is 12. The number of aliphatic hydroxyl groups excluding tert-OH is 1. The number of ether oxygens (including phenoxy) is 3. The van der Waals surface area contributed by atoms with Gasteiger partial charge >= 0.3 is 5.97 Å². The quantitative estimate of drug-likeness (QED) is 0.174. The lowest BCUT2D eigenvalue weighted by molar-refractivity contribution is -0.276. The Morgan fingerprint density at radius 2 is 1.47 bits per heavy atom. The average Bonchev–Trinajstić information content (AvgIpc) is 3.16. The summed E-state index contributed by atoms with van der Waals surface area (Å²) in [5.41, 5.74) is 7.16. The molecule has 2 fully saturated rings. The van der Waals surface area contributed by atoms with Gasteiger partial charge in [0.2, 0.25) is 0 Å². The Morgan fingerprint density at radius 3 is 2.16 bits per heavy atom. The number of hydrogen-bond acceptors (Lipinski definition) is 8. The molecule has 0 bridgehead atoms. The molecule has 0 spiro atoms. The average molecular weight is 692 g/mol. The fourth-order valence-corrected chi connectivity index (χ4v) is 6.96. The van der Waals surface area contributed by atoms with Crippen molar-refractivity contribution in [3.8, 4) is 11.1 Å². The van der Waals surface area contributed by atoms with Crippen LogP contribution in [0, 0.1) is 5.92 Å². The number of nitrogens with zero attached hydrogens (tertiary/aromatic N) is 2. The number of nitrogens with one attached hydrogen (secondary N) is 1. The Balaban J connectivity index is 1.16. The van der Waals surface area contributed by atoms with Gasteiger partial charge in [0.25, 0.3) is 5.91 Å². The molecular formula is C42H49N3O6. The van der Waals surface area contributed by atoms with Crippen molar-refractivity contribution < 1.29 is 28.9 Å². The summed E-state index contributed by atoms with van der Waals surface area (Å²) in [5.74, 6) is -0.734. The van der Waals surface area contributed by atoms with Gasteiger partial charge < -0.3 is 24.6 Å². The minimum Gasteiger partial charge on any atom is -0.453 e. The largest absolute Gasteiger partial charge is 0.453 e. The number of esters is 1. The summed E-state index contributed by atoms with van der Waals surface area (Å²) in [5, 5.41) is 12.5. The van der Waals surface area contributed by atoms with Crippen LogP contribution in [0.15, 0.2) is 103 Å². The molecule has 9 heteroatoms. The van der Waals surface area contributed by atoms with E-state index in [1.165, 1.54) is 12.5 Å². The van der Waals surface area contributed by atoms with Crippen molar-refractivity contribution in [1.29, 1.82) is 0 Å². The number of aliphatic hydroxyl groups is 1. The molecule has 2 saturated heterocycles. The van der Waals surface area contributed by atoms with Crippen LogP contribution < -0.4 is 5.32 Å². The van der Waals surface area contributed by atoms with Gasteiger partial charge in [-0.05, 0) is 40.3 Å². The number of hydrogen-bond donors (Lipinski definition) is 2. The van der Waals surface area contributed by atoms with Gasteiger partial charge in [-0.15, -0.1) is 0 Å². The van der Waals surface area contributed by atoms with E-state index in [1.54, 1.807) is 6.92 Å². The molecule has 51 heavy (non-hydrogen) atoms. The molecule has 9 nitrogen and oxygen atoms in total. The van der Waals surface area contributed by atoms with E-state index in [9.17, 15) is 14.7 Å². The van der Waals surface area contributed by atoms with Gasteiger partial charge in [-0.2, -0.15) is 0 Å². The second-order valence-corrected chi connectivity index (χ2v) is 13.6. The van der Waals surface area contributed by atoms with Gasteiger partial charge in [0.1, 0.15) is 0 Å². The minimum atomic E-state index is -0.864. The van der Waals surface area contributed by atoms with E-state index < -0.39 is 18.4 Å². The smallest absolute Gasteiger partial charge is 0.303 e. The van der Waals surface area contributed by atoms with Crippen molar-refractivity contribution in [2.75, 3.05) is 32.7 Å². The van der Waals surface area contributed by atoms with E-state index in [0.717, 1.165) is 72.6 Å². The molecule has 0 saturated carbocycles. The zero-order valence-corrected chi connectivity index (χ0v) is 29.7. The first-order valence-corrected chi connectivity index (χ1v) is 17.9. The Kier molecular flexibility index (Phi) is 12.3. The number of piperazine rings is 1. The van der Waals surface area contributed by atoms with Gasteiger partial charge in [-0.3, -0.25) is 19.4 Å². The third-order valence-corrected chi connectivity index (χ3v) is 9.95. The molecule has 2 aliphatic heterocycles. The minimum absolute atomic E-state index is 0.00121. The van der Waals surface area contributed by atoms with Crippen LogP contribution in [0.25, 0.3) is 11.1 Å². The van der Waals surface area contributed by atoms with Gasteiger partial charge in [0.15, 0.2) is 12.4 Å². The maximum Gasteiger partial charge on any atom is 0.303 e. The van der Waals surface area contributed by atoms with Crippen molar-refractivity contribution in [3.05, 3.63) is 131 Å². The third kappa shape index (κ3) is 9.49. The maximum absolute atomic E-state index is 12.5. The molecule has 5 atom stereocenters. The molecular weight excluding hydrogens is 642 g/mol. The SMILES string of the molecule is CC(=O)OC(C)C(=O)NCc1ccccc1-c1ccc(C2OC(CN3CCN(Cc4ccccc4)CC3)C(C)C(c3ccc(CO)cc3)O2)cc1. The Hall–Kier alpha value is -4.38. The molecule has 4 aromatic rings. The lowest BCUT2D eigenvalue weighted by Crippen LogP contribution is -2.51. The summed E-state index contributed by atoms with van der Waals surface area (Å²) >= 11 is 0. The van der Waals surface area contributed by atoms with Crippen LogP contribution >= 0.6 is 0 Å². The predicted molar refractivity (Wildman–Crippen MR) is 196 cm³/mol. The summed E-state index contributed by atoms with van der Waals surface area (Å²) in [4.78, 5) is 28.8. The summed E-state index contributed by atoms with van der Waals surface area (Å²) in [6.07, 6.45) is -1.65. The summed E-state index contributed by atoms with van der Waals surface area (Å²) in [6.45, 7) is 11.1. The van der Waals surface area contributed by atoms with E-state index in [4.69, 9.17) is 14.2 Å². The third-order valence-electron chi connectivity index (χ3n) is 9.95. The van der Waals surface area contributed by atoms with E-state index in [-0.39, 0.29) is 30.6 Å². The topological polar surface area (TPSA) is 101 Å². The molecule has 0 aliphatic carbocycles. The van der Waals surface area contributed by atoms with E-state index in [2.05, 4.69) is 88.8 Å². The van der Waals surface area contributed by atoms with Crippen LogP contribution in [-0.2, 0) is 43.5 Å². The fraction of sp³-hybridized carbons (Fsp3) is 0.381. The standard InChI is InChI=1S/C42H49N3O6/c1-29-39(27-45-23-21-44(22-24-45)26-32-9-5-4-6-10-32)50-42(51-40(29)35-15-13-33(28-46)14-16-35)36-19-17-34(18-20-36)38-12-8-7-11-37(38)25-43-41(48)30(2)49-31(3)47/h4-20,29-30,39-40,42,46H,21-28H2,1-3H3,(H,43,48). The van der Waals surface area contributed by atoms with Crippen LogP contribution in [0.1, 0.15) is 61.0 Å². The summed E-state index contributed by atoms with van der Waals surface area (Å²) in [6, 6.07) is 34.9. The van der Waals surface area contributed by atoms with Crippen molar-refractivity contribution in [2.45, 2.75) is 65.1 Å². The van der Waals surface area contributed by atoms with Gasteiger partial charge in [0, 0.05) is 64.2 Å². The van der Waals surface area contributed by atoms with Crippen LogP contribution in [0.3, 0.4) is 0 Å². The van der Waals surface area contributed by atoms with Gasteiger partial charge in [-0.1, -0.05) is 110 Å². The molecule has 2 heterocycles. The molecule has 2 N–H and O–H groups in total. The predicted octanol–water partition coefficient (Wildman–Crippen LogP) is 6.02. The molecule has 268 valence electrons. The van der Waals surface area contributed by atoms with Crippen LogP contribution in [0.4, 0.5) is 0 Å². The highest BCUT2D eigenvalue weighted by molar-refractivity contribution is 5.83. The van der Waals surface area contributed by atoms with Gasteiger partial charge in [0.05, 0.1) is 18.8 Å². The second-order valence-electron chi connectivity index (χ2n) is 13.6. The Labute approximate surface area is 301 Å². The van der Waals surface area contributed by atoms with Crippen molar-refractivity contribution >= 4 is 11.9 Å². The molecule has 0 radical (unpaired) electrons. The number of carbonyl (C=O) groups is 2. The first-order valence-electron chi connectivity index (χ1n) is 17.9. The molecule has 0 aromatic heterocycles. The van der Waals surface area contributed by atoms with E-state index >= 15 is 0 Å². The highest BCUT2D eigenvalue weighted by atomic mass is 16.7. The van der Waals surface area contributed by atoms with Crippen LogP contribution in [-0.4, -0.2) is 71.7 Å². The summed E-state index contributed by atoms with van der Waals surface area (Å²) < 4.78 is 18.5. The highest BCUT2D eigenvalue weighted by Gasteiger charge is 2.39. The lowest BCUT2D eigenvalue weighted by Gasteiger charge is -2.44. The number of benzene rings is 4. The lowest BCUT2D eigenvalue weighted by atomic mass is 9.89. The van der Waals surface area contributed by atoms with Crippen LogP contribution in [0.5, 0.6) is 0 Å². The van der Waals surface area contributed by atoms with Crippen LogP contribution in [0.2, 0.25) is 0 Å². The highest BCUT2D eigenvalue weighted by Crippen LogP contribution is 2.42. The zero-order valence-electron chi connectivity index (χ0n) is 29.7. The molecule has 5 unspecified atom stereocenters. The second kappa shape index (κ2) is 17.2. The van der Waals surface area contributed by atoms with E-state index in [0.29, 0.717) is 6.54 Å². The summed E-state index contributed by atoms with van der Waals surface area (Å²) in [7, 11) is 0. The molecule has 2 aliphatic rings. The normalized spacial score (nSPS) is 21.9. The number of carbonyl (C=O) groups excluding carboxylic acids is 2. The van der Waals surface area contributed by atoms with E-state index in [1.807, 2.05) is 36.4 Å². The fourth-order valence-electron chi connectivity index (χ4n) is 6.96.